The molecule has 0 aliphatic carbocycles. The monoisotopic (exact) mass is 392 g/mol. The average Bonchev–Trinajstić information content (AvgIpc) is 3.03. The molecule has 4 aromatic rings. The molecule has 0 spiro atoms. The molecular formula is C21H17FN4O3. The maximum Gasteiger partial charge on any atom is 0.350 e. The van der Waals surface area contributed by atoms with Crippen molar-refractivity contribution >= 4 is 17.2 Å². The van der Waals surface area contributed by atoms with Crippen LogP contribution in [0.25, 0.3) is 5.65 Å². The lowest BCUT2D eigenvalue weighted by Crippen LogP contribution is -2.21. The topological polar surface area (TPSA) is 77.6 Å². The van der Waals surface area contributed by atoms with Gasteiger partial charge >= 0.3 is 5.69 Å². The van der Waals surface area contributed by atoms with E-state index in [4.69, 9.17) is 4.74 Å². The second kappa shape index (κ2) is 7.59. The smallest absolute Gasteiger partial charge is 0.350 e. The highest BCUT2D eigenvalue weighted by Gasteiger charge is 2.13. The maximum atomic E-state index is 14.1. The van der Waals surface area contributed by atoms with E-state index in [0.717, 1.165) is 11.6 Å². The molecule has 1 amide bonds. The van der Waals surface area contributed by atoms with Crippen LogP contribution in [0, 0.1) is 5.82 Å². The molecule has 0 bridgehead atoms. The highest BCUT2D eigenvalue weighted by molar-refractivity contribution is 6.04. The molecule has 0 fully saturated rings. The molecule has 2 aromatic carbocycles. The van der Waals surface area contributed by atoms with E-state index in [-0.39, 0.29) is 17.8 Å². The zero-order valence-electron chi connectivity index (χ0n) is 15.5. The van der Waals surface area contributed by atoms with Crippen LogP contribution < -0.4 is 15.7 Å². The van der Waals surface area contributed by atoms with Crippen LogP contribution in [0.4, 0.5) is 10.1 Å². The number of amides is 1. The normalized spacial score (nSPS) is 10.8. The molecule has 2 heterocycles. The molecule has 8 heteroatoms. The van der Waals surface area contributed by atoms with Gasteiger partial charge in [0.2, 0.25) is 0 Å². The number of halogens is 1. The van der Waals surface area contributed by atoms with E-state index in [1.807, 2.05) is 6.07 Å². The third-order valence-electron chi connectivity index (χ3n) is 4.43. The zero-order chi connectivity index (χ0) is 20.4. The van der Waals surface area contributed by atoms with Crippen LogP contribution >= 0.6 is 0 Å². The number of carbonyl (C=O) groups is 1. The summed E-state index contributed by atoms with van der Waals surface area (Å²) in [6, 6.07) is 16.3. The van der Waals surface area contributed by atoms with Crippen molar-refractivity contribution in [2.45, 2.75) is 6.54 Å². The fraction of sp³-hybridized carbons (Fsp3) is 0.0952. The predicted octanol–water partition coefficient (Wildman–Crippen LogP) is 2.94. The molecule has 0 atom stereocenters. The molecule has 2 aromatic heterocycles. The van der Waals surface area contributed by atoms with Crippen molar-refractivity contribution in [2.24, 2.45) is 0 Å². The van der Waals surface area contributed by atoms with Crippen LogP contribution in [0.1, 0.15) is 15.9 Å². The number of ether oxygens (including phenoxy) is 1. The Bertz CT molecular complexity index is 1260. The van der Waals surface area contributed by atoms with Gasteiger partial charge in [0.15, 0.2) is 5.65 Å². The zero-order valence-corrected chi connectivity index (χ0v) is 15.5. The van der Waals surface area contributed by atoms with Crippen molar-refractivity contribution in [3.05, 3.63) is 94.3 Å². The minimum absolute atomic E-state index is 0.0900. The molecule has 0 aliphatic heterocycles. The first kappa shape index (κ1) is 18.4. The average molecular weight is 392 g/mol. The summed E-state index contributed by atoms with van der Waals surface area (Å²) in [7, 11) is 1.43. The minimum atomic E-state index is -0.672. The Morgan fingerprint density at radius 3 is 2.76 bits per heavy atom. The van der Waals surface area contributed by atoms with Gasteiger partial charge < -0.3 is 10.1 Å². The summed E-state index contributed by atoms with van der Waals surface area (Å²) < 4.78 is 21.9. The van der Waals surface area contributed by atoms with Crippen molar-refractivity contribution in [3.63, 3.8) is 0 Å². The second-order valence-electron chi connectivity index (χ2n) is 6.37. The first-order valence-corrected chi connectivity index (χ1v) is 8.83. The van der Waals surface area contributed by atoms with Gasteiger partial charge in [0, 0.05) is 18.0 Å². The Labute approximate surface area is 165 Å². The van der Waals surface area contributed by atoms with Gasteiger partial charge in [0.05, 0.1) is 19.2 Å². The summed E-state index contributed by atoms with van der Waals surface area (Å²) in [6.45, 7) is 0.237. The van der Waals surface area contributed by atoms with E-state index < -0.39 is 11.7 Å². The number of hydrogen-bond donors (Lipinski definition) is 1. The lowest BCUT2D eigenvalue weighted by molar-refractivity contribution is 0.102. The SMILES string of the molecule is COc1ccc(C(=O)Nc2cccc(Cn3nc4ccccn4c3=O)c2)c(F)c1. The van der Waals surface area contributed by atoms with Gasteiger partial charge in [0.25, 0.3) is 5.91 Å². The minimum Gasteiger partial charge on any atom is -0.497 e. The van der Waals surface area contributed by atoms with Crippen molar-refractivity contribution in [1.29, 1.82) is 0 Å². The molecular weight excluding hydrogens is 375 g/mol. The molecule has 1 N–H and O–H groups in total. The first-order chi connectivity index (χ1) is 14.0. The molecule has 0 saturated heterocycles. The fourth-order valence-electron chi connectivity index (χ4n) is 3.00. The third-order valence-corrected chi connectivity index (χ3v) is 4.43. The van der Waals surface area contributed by atoms with Gasteiger partial charge in [-0.05, 0) is 42.0 Å². The predicted molar refractivity (Wildman–Crippen MR) is 106 cm³/mol. The molecule has 0 aliphatic rings. The number of nitrogens with one attached hydrogen (secondary N) is 1. The van der Waals surface area contributed by atoms with Crippen LogP contribution in [-0.2, 0) is 6.54 Å². The molecule has 29 heavy (non-hydrogen) atoms. The van der Waals surface area contributed by atoms with E-state index in [9.17, 15) is 14.0 Å². The number of fused-ring (bicyclic) bond motifs is 1. The number of nitrogens with zero attached hydrogens (tertiary/aromatic N) is 3. The van der Waals surface area contributed by atoms with Crippen molar-refractivity contribution in [3.8, 4) is 5.75 Å². The fourth-order valence-corrected chi connectivity index (χ4v) is 3.00. The van der Waals surface area contributed by atoms with Gasteiger partial charge in [-0.1, -0.05) is 18.2 Å². The molecule has 0 radical (unpaired) electrons. The van der Waals surface area contributed by atoms with E-state index in [1.54, 1.807) is 42.6 Å². The van der Waals surface area contributed by atoms with Crippen LogP contribution in [-0.4, -0.2) is 27.2 Å². The quantitative estimate of drug-likeness (QED) is 0.567. The van der Waals surface area contributed by atoms with Crippen LogP contribution in [0.3, 0.4) is 0 Å². The number of anilines is 1. The van der Waals surface area contributed by atoms with Crippen molar-refractivity contribution < 1.29 is 13.9 Å². The molecule has 7 nitrogen and oxygen atoms in total. The number of hydrogen-bond acceptors (Lipinski definition) is 4. The largest absolute Gasteiger partial charge is 0.497 e. The highest BCUT2D eigenvalue weighted by atomic mass is 19.1. The van der Waals surface area contributed by atoms with E-state index >= 15 is 0 Å². The van der Waals surface area contributed by atoms with Gasteiger partial charge in [0.1, 0.15) is 11.6 Å². The van der Waals surface area contributed by atoms with Crippen molar-refractivity contribution in [2.75, 3.05) is 12.4 Å². The first-order valence-electron chi connectivity index (χ1n) is 8.83. The molecule has 146 valence electrons. The number of benzene rings is 2. The third kappa shape index (κ3) is 3.73. The highest BCUT2D eigenvalue weighted by Crippen LogP contribution is 2.18. The maximum absolute atomic E-state index is 14.1. The van der Waals surface area contributed by atoms with E-state index in [1.165, 1.54) is 28.3 Å². The number of pyridine rings is 1. The van der Waals surface area contributed by atoms with Crippen molar-refractivity contribution in [1.82, 2.24) is 14.2 Å². The van der Waals surface area contributed by atoms with Gasteiger partial charge in [-0.3, -0.25) is 9.20 Å². The van der Waals surface area contributed by atoms with Gasteiger partial charge in [-0.15, -0.1) is 5.10 Å². The van der Waals surface area contributed by atoms with Crippen LogP contribution in [0.15, 0.2) is 71.7 Å². The van der Waals surface area contributed by atoms with Crippen LogP contribution in [0.2, 0.25) is 0 Å². The molecule has 0 saturated carbocycles. The summed E-state index contributed by atoms with van der Waals surface area (Å²) in [4.78, 5) is 24.8. The lowest BCUT2D eigenvalue weighted by Gasteiger charge is -2.09. The lowest BCUT2D eigenvalue weighted by atomic mass is 10.1. The Morgan fingerprint density at radius 2 is 2.00 bits per heavy atom. The number of rotatable bonds is 5. The Kier molecular flexibility index (Phi) is 4.82. The summed E-state index contributed by atoms with van der Waals surface area (Å²) >= 11 is 0. The second-order valence-corrected chi connectivity index (χ2v) is 6.37. The molecule has 4 rings (SSSR count). The van der Waals surface area contributed by atoms with E-state index in [2.05, 4.69) is 10.4 Å². The summed E-state index contributed by atoms with van der Waals surface area (Å²) in [5, 5.41) is 6.96. The summed E-state index contributed by atoms with van der Waals surface area (Å²) in [5.74, 6) is -0.916. The number of carbonyl (C=O) groups excluding carboxylic acids is 1. The number of aromatic nitrogens is 3. The van der Waals surface area contributed by atoms with Gasteiger partial charge in [-0.25, -0.2) is 13.9 Å². The number of methoxy groups -OCH3 is 1. The Hall–Kier alpha value is -3.94. The van der Waals surface area contributed by atoms with Gasteiger partial charge in [-0.2, -0.15) is 0 Å². The summed E-state index contributed by atoms with van der Waals surface area (Å²) in [6.07, 6.45) is 1.65. The Balaban J connectivity index is 1.55. The molecule has 0 unspecified atom stereocenters. The summed E-state index contributed by atoms with van der Waals surface area (Å²) in [5.41, 5.74) is 1.46. The Morgan fingerprint density at radius 1 is 1.14 bits per heavy atom. The van der Waals surface area contributed by atoms with E-state index in [0.29, 0.717) is 17.1 Å². The standard InChI is InChI=1S/C21H17FN4O3/c1-29-16-8-9-17(18(22)12-16)20(27)23-15-6-4-5-14(11-15)13-26-21(28)25-10-3-2-7-19(25)24-26/h2-12H,13H2,1H3,(H,23,27). The van der Waals surface area contributed by atoms with Crippen LogP contribution in [0.5, 0.6) is 5.75 Å².